The number of fused-ring (bicyclic) bond motifs is 1. The van der Waals surface area contributed by atoms with Crippen LogP contribution in [-0.4, -0.2) is 16.2 Å². The summed E-state index contributed by atoms with van der Waals surface area (Å²) < 4.78 is 13.1. The molecular weight excluding hydrogens is 249 g/mol. The Labute approximate surface area is 109 Å². The first kappa shape index (κ1) is 11.8. The second-order valence-corrected chi connectivity index (χ2v) is 5.85. The minimum Gasteiger partial charge on any atom is -0.393 e. The van der Waals surface area contributed by atoms with Crippen LogP contribution >= 0.6 is 11.3 Å². The molecule has 18 heavy (non-hydrogen) atoms. The van der Waals surface area contributed by atoms with Gasteiger partial charge in [0.15, 0.2) is 0 Å². The molecule has 0 bridgehead atoms. The average molecular weight is 263 g/mol. The zero-order chi connectivity index (χ0) is 12.5. The normalized spacial score (nSPS) is 18.7. The van der Waals surface area contributed by atoms with E-state index in [2.05, 4.69) is 4.98 Å². The number of aromatic nitrogens is 1. The van der Waals surface area contributed by atoms with Gasteiger partial charge in [-0.15, -0.1) is 11.3 Å². The molecule has 2 nitrogen and oxygen atoms in total. The van der Waals surface area contributed by atoms with E-state index in [0.29, 0.717) is 6.42 Å². The molecule has 0 amide bonds. The van der Waals surface area contributed by atoms with Gasteiger partial charge in [0.05, 0.1) is 16.8 Å². The first-order valence-corrected chi connectivity index (χ1v) is 6.92. The maximum Gasteiger partial charge on any atom is 0.123 e. The van der Waals surface area contributed by atoms with Crippen LogP contribution in [0.2, 0.25) is 0 Å². The lowest BCUT2D eigenvalue weighted by Crippen LogP contribution is -2.17. The number of halogens is 1. The Kier molecular flexibility index (Phi) is 3.14. The molecule has 1 aromatic heterocycles. The average Bonchev–Trinajstić information content (AvgIpc) is 2.70. The molecule has 3 rings (SSSR count). The predicted molar refractivity (Wildman–Crippen MR) is 69.4 cm³/mol. The van der Waals surface area contributed by atoms with Gasteiger partial charge >= 0.3 is 0 Å². The molecule has 0 aliphatic heterocycles. The minimum atomic E-state index is -0.222. The molecule has 1 aromatic carbocycles. The van der Waals surface area contributed by atoms with E-state index in [1.165, 1.54) is 10.9 Å². The highest BCUT2D eigenvalue weighted by molar-refractivity contribution is 7.11. The third-order valence-electron chi connectivity index (χ3n) is 3.20. The summed E-state index contributed by atoms with van der Waals surface area (Å²) in [6.45, 7) is 0. The van der Waals surface area contributed by atoms with E-state index in [0.717, 1.165) is 35.5 Å². The summed E-state index contributed by atoms with van der Waals surface area (Å²) in [5.41, 5.74) is 2.07. The molecule has 1 aliphatic carbocycles. The number of rotatable bonds is 2. The zero-order valence-corrected chi connectivity index (χ0v) is 10.7. The van der Waals surface area contributed by atoms with Crippen LogP contribution in [-0.2, 0) is 19.3 Å². The number of hydrogen-bond acceptors (Lipinski definition) is 3. The molecule has 1 atom stereocenters. The predicted octanol–water partition coefficient (Wildman–Crippen LogP) is 2.72. The van der Waals surface area contributed by atoms with Crippen LogP contribution in [0.15, 0.2) is 24.3 Å². The van der Waals surface area contributed by atoms with Crippen LogP contribution < -0.4 is 0 Å². The third kappa shape index (κ3) is 2.44. The van der Waals surface area contributed by atoms with Crippen LogP contribution in [0.1, 0.15) is 27.6 Å². The lowest BCUT2D eigenvalue weighted by Gasteiger charge is -2.14. The third-order valence-corrected chi connectivity index (χ3v) is 4.32. The first-order chi connectivity index (χ1) is 8.70. The van der Waals surface area contributed by atoms with Crippen molar-refractivity contribution in [2.45, 2.75) is 31.8 Å². The molecule has 2 aromatic rings. The van der Waals surface area contributed by atoms with Crippen molar-refractivity contribution < 1.29 is 9.50 Å². The van der Waals surface area contributed by atoms with E-state index in [1.54, 1.807) is 23.5 Å². The Hall–Kier alpha value is -1.26. The fourth-order valence-corrected chi connectivity index (χ4v) is 3.53. The van der Waals surface area contributed by atoms with Gasteiger partial charge in [-0.2, -0.15) is 0 Å². The molecule has 1 N–H and O–H groups in total. The molecule has 4 heteroatoms. The highest BCUT2D eigenvalue weighted by Crippen LogP contribution is 2.28. The Bertz CT molecular complexity index is 567. The lowest BCUT2D eigenvalue weighted by molar-refractivity contribution is 0.159. The zero-order valence-electron chi connectivity index (χ0n) is 9.90. The molecule has 0 fully saturated rings. The largest absolute Gasteiger partial charge is 0.393 e. The highest BCUT2D eigenvalue weighted by Gasteiger charge is 2.20. The van der Waals surface area contributed by atoms with Crippen molar-refractivity contribution in [3.05, 3.63) is 51.2 Å². The lowest BCUT2D eigenvalue weighted by atomic mass is 10.0. The molecule has 0 saturated heterocycles. The van der Waals surface area contributed by atoms with Crippen molar-refractivity contribution in [2.24, 2.45) is 0 Å². The summed E-state index contributed by atoms with van der Waals surface area (Å²) in [7, 11) is 0. The minimum absolute atomic E-state index is 0.204. The van der Waals surface area contributed by atoms with Gasteiger partial charge < -0.3 is 5.11 Å². The van der Waals surface area contributed by atoms with Crippen molar-refractivity contribution in [3.63, 3.8) is 0 Å². The van der Waals surface area contributed by atoms with Crippen molar-refractivity contribution >= 4 is 11.3 Å². The van der Waals surface area contributed by atoms with Gasteiger partial charge in [-0.1, -0.05) is 12.1 Å². The summed E-state index contributed by atoms with van der Waals surface area (Å²) in [6.07, 6.45) is 2.83. The maximum atomic E-state index is 13.1. The molecule has 94 valence electrons. The van der Waals surface area contributed by atoms with Gasteiger partial charge in [0.2, 0.25) is 0 Å². The topological polar surface area (TPSA) is 33.1 Å². The van der Waals surface area contributed by atoms with Gasteiger partial charge in [-0.05, 0) is 30.5 Å². The van der Waals surface area contributed by atoms with Crippen molar-refractivity contribution in [2.75, 3.05) is 0 Å². The number of thiazole rings is 1. The van der Waals surface area contributed by atoms with Gasteiger partial charge in [0.1, 0.15) is 5.82 Å². The van der Waals surface area contributed by atoms with E-state index in [1.807, 2.05) is 6.07 Å². The standard InChI is InChI=1S/C14H14FNOS/c15-10-3-1-2-9(6-10)7-14-16-12-5-4-11(17)8-13(12)18-14/h1-3,6,11,17H,4-5,7-8H2. The summed E-state index contributed by atoms with van der Waals surface area (Å²) in [6, 6.07) is 6.64. The van der Waals surface area contributed by atoms with E-state index in [4.69, 9.17) is 0 Å². The molecule has 1 aliphatic rings. The van der Waals surface area contributed by atoms with Crippen LogP contribution in [0.5, 0.6) is 0 Å². The first-order valence-electron chi connectivity index (χ1n) is 6.10. The summed E-state index contributed by atoms with van der Waals surface area (Å²) in [5, 5.41) is 10.6. The molecule has 0 spiro atoms. The van der Waals surface area contributed by atoms with Gasteiger partial charge in [-0.25, -0.2) is 9.37 Å². The van der Waals surface area contributed by atoms with Gasteiger partial charge in [0, 0.05) is 17.7 Å². The number of aliphatic hydroxyl groups is 1. The van der Waals surface area contributed by atoms with E-state index < -0.39 is 0 Å². The summed E-state index contributed by atoms with van der Waals surface area (Å²) in [4.78, 5) is 5.79. The number of hydrogen-bond donors (Lipinski definition) is 1. The van der Waals surface area contributed by atoms with Crippen molar-refractivity contribution in [1.82, 2.24) is 4.98 Å². The monoisotopic (exact) mass is 263 g/mol. The summed E-state index contributed by atoms with van der Waals surface area (Å²) in [5.74, 6) is -0.204. The number of aryl methyl sites for hydroxylation is 1. The summed E-state index contributed by atoms with van der Waals surface area (Å²) >= 11 is 1.65. The molecule has 0 saturated carbocycles. The van der Waals surface area contributed by atoms with Crippen LogP contribution in [0.4, 0.5) is 4.39 Å². The molecule has 0 radical (unpaired) electrons. The van der Waals surface area contributed by atoms with E-state index in [9.17, 15) is 9.50 Å². The quantitative estimate of drug-likeness (QED) is 0.903. The van der Waals surface area contributed by atoms with Crippen molar-refractivity contribution in [3.8, 4) is 0 Å². The molecule has 1 heterocycles. The Balaban J connectivity index is 1.82. The SMILES string of the molecule is OC1CCc2nc(Cc3cccc(F)c3)sc2C1. The second-order valence-electron chi connectivity index (χ2n) is 4.68. The van der Waals surface area contributed by atoms with Gasteiger partial charge in [-0.3, -0.25) is 0 Å². The van der Waals surface area contributed by atoms with Crippen LogP contribution in [0, 0.1) is 5.82 Å². The smallest absolute Gasteiger partial charge is 0.123 e. The van der Waals surface area contributed by atoms with Crippen LogP contribution in [0.3, 0.4) is 0 Å². The van der Waals surface area contributed by atoms with Crippen LogP contribution in [0.25, 0.3) is 0 Å². The highest BCUT2D eigenvalue weighted by atomic mass is 32.1. The second kappa shape index (κ2) is 4.78. The van der Waals surface area contributed by atoms with Crippen molar-refractivity contribution in [1.29, 1.82) is 0 Å². The Morgan fingerprint density at radius 3 is 3.17 bits per heavy atom. The van der Waals surface area contributed by atoms with E-state index in [-0.39, 0.29) is 11.9 Å². The maximum absolute atomic E-state index is 13.1. The molecular formula is C14H14FNOS. The number of benzene rings is 1. The fraction of sp³-hybridized carbons (Fsp3) is 0.357. The number of aliphatic hydroxyl groups excluding tert-OH is 1. The van der Waals surface area contributed by atoms with Gasteiger partial charge in [0.25, 0.3) is 0 Å². The Morgan fingerprint density at radius 2 is 2.33 bits per heavy atom. The number of nitrogens with zero attached hydrogens (tertiary/aromatic N) is 1. The fourth-order valence-electron chi connectivity index (χ4n) is 2.31. The Morgan fingerprint density at radius 1 is 1.44 bits per heavy atom. The van der Waals surface area contributed by atoms with E-state index >= 15 is 0 Å². The molecule has 1 unspecified atom stereocenters.